The molecule has 0 aliphatic carbocycles. The molecule has 1 N–H and O–H groups in total. The number of ether oxygens (including phenoxy) is 1. The van der Waals surface area contributed by atoms with Crippen LogP contribution in [0, 0.1) is 0 Å². The molecule has 0 fully saturated rings. The van der Waals surface area contributed by atoms with Crippen LogP contribution in [0.15, 0.2) is 60.7 Å². The largest absolute Gasteiger partial charge is 0.353 e. The Morgan fingerprint density at radius 1 is 0.905 bits per heavy atom. The van der Waals surface area contributed by atoms with Gasteiger partial charge in [-0.2, -0.15) is 0 Å². The number of rotatable bonds is 6. The highest BCUT2D eigenvalue weighted by Crippen LogP contribution is 2.21. The number of carbonyl (C=O) groups is 2. The van der Waals surface area contributed by atoms with Crippen LogP contribution in [0.2, 0.25) is 0 Å². The van der Waals surface area contributed by atoms with Crippen molar-refractivity contribution in [2.24, 2.45) is 0 Å². The highest BCUT2D eigenvalue weighted by atomic mass is 16.6. The number of hydrogen-bond donors (Lipinski definition) is 1. The van der Waals surface area contributed by atoms with Crippen molar-refractivity contribution in [1.29, 1.82) is 0 Å². The lowest BCUT2D eigenvalue weighted by molar-refractivity contribution is -0.130. The van der Waals surface area contributed by atoms with Crippen LogP contribution in [-0.2, 0) is 4.74 Å². The molecule has 21 heavy (non-hydrogen) atoms. The van der Waals surface area contributed by atoms with E-state index in [0.717, 1.165) is 0 Å². The molecule has 2 aromatic rings. The van der Waals surface area contributed by atoms with Gasteiger partial charge in [-0.25, -0.2) is 0 Å². The van der Waals surface area contributed by atoms with Gasteiger partial charge in [-0.05, 0) is 6.92 Å². The van der Waals surface area contributed by atoms with Gasteiger partial charge in [-0.15, -0.1) is 0 Å². The SMILES string of the molecule is CCOC(O)(C(=O)c1ccccc1)C(=O)c1ccccc1. The van der Waals surface area contributed by atoms with Crippen LogP contribution in [0.3, 0.4) is 0 Å². The molecule has 0 aromatic heterocycles. The third-order valence-corrected chi connectivity index (χ3v) is 3.04. The fraction of sp³-hybridized carbons (Fsp3) is 0.176. The van der Waals surface area contributed by atoms with E-state index in [0.29, 0.717) is 0 Å². The Kier molecular flexibility index (Phi) is 4.62. The second-order valence-electron chi connectivity index (χ2n) is 4.47. The molecule has 0 atom stereocenters. The quantitative estimate of drug-likeness (QED) is 0.503. The van der Waals surface area contributed by atoms with Crippen LogP contribution in [0.5, 0.6) is 0 Å². The fourth-order valence-electron chi connectivity index (χ4n) is 2.01. The molecule has 0 heterocycles. The van der Waals surface area contributed by atoms with Gasteiger partial charge in [0, 0.05) is 17.7 Å². The molecule has 0 saturated carbocycles. The monoisotopic (exact) mass is 284 g/mol. The van der Waals surface area contributed by atoms with Crippen molar-refractivity contribution in [1.82, 2.24) is 0 Å². The summed E-state index contributed by atoms with van der Waals surface area (Å²) >= 11 is 0. The van der Waals surface area contributed by atoms with Crippen molar-refractivity contribution in [2.75, 3.05) is 6.61 Å². The summed E-state index contributed by atoms with van der Waals surface area (Å²) in [7, 11) is 0. The highest BCUT2D eigenvalue weighted by Gasteiger charge is 2.45. The third kappa shape index (κ3) is 3.07. The predicted octanol–water partition coefficient (Wildman–Crippen LogP) is 2.48. The average molecular weight is 284 g/mol. The minimum atomic E-state index is -2.50. The number of benzene rings is 2. The Balaban J connectivity index is 2.41. The Morgan fingerprint density at radius 2 is 1.29 bits per heavy atom. The summed E-state index contributed by atoms with van der Waals surface area (Å²) in [5.74, 6) is -4.03. The summed E-state index contributed by atoms with van der Waals surface area (Å²) in [5.41, 5.74) is 0.440. The molecule has 2 rings (SSSR count). The zero-order valence-corrected chi connectivity index (χ0v) is 11.7. The zero-order chi connectivity index (χ0) is 15.3. The van der Waals surface area contributed by atoms with E-state index in [9.17, 15) is 14.7 Å². The maximum atomic E-state index is 12.5. The normalized spacial score (nSPS) is 11.1. The van der Waals surface area contributed by atoms with E-state index in [-0.39, 0.29) is 17.7 Å². The van der Waals surface area contributed by atoms with Crippen LogP contribution < -0.4 is 0 Å². The van der Waals surface area contributed by atoms with Crippen molar-refractivity contribution < 1.29 is 19.4 Å². The van der Waals surface area contributed by atoms with Gasteiger partial charge in [0.2, 0.25) is 11.6 Å². The van der Waals surface area contributed by atoms with Crippen LogP contribution in [0.1, 0.15) is 27.6 Å². The van der Waals surface area contributed by atoms with Gasteiger partial charge in [-0.3, -0.25) is 9.59 Å². The van der Waals surface area contributed by atoms with E-state index in [1.54, 1.807) is 43.3 Å². The molecule has 0 aliphatic heterocycles. The summed E-state index contributed by atoms with van der Waals surface area (Å²) in [6, 6.07) is 16.3. The minimum absolute atomic E-state index is 0.0354. The Morgan fingerprint density at radius 3 is 1.62 bits per heavy atom. The van der Waals surface area contributed by atoms with Crippen LogP contribution in [0.25, 0.3) is 0 Å². The van der Waals surface area contributed by atoms with Gasteiger partial charge in [0.1, 0.15) is 0 Å². The van der Waals surface area contributed by atoms with Crippen LogP contribution in [-0.4, -0.2) is 29.1 Å². The number of carbonyl (C=O) groups excluding carboxylic acids is 2. The van der Waals surface area contributed by atoms with Crippen LogP contribution in [0.4, 0.5) is 0 Å². The molecular weight excluding hydrogens is 268 g/mol. The first-order valence-electron chi connectivity index (χ1n) is 6.65. The van der Waals surface area contributed by atoms with Gasteiger partial charge in [0.25, 0.3) is 5.79 Å². The van der Waals surface area contributed by atoms with Crippen molar-refractivity contribution in [3.63, 3.8) is 0 Å². The third-order valence-electron chi connectivity index (χ3n) is 3.04. The lowest BCUT2D eigenvalue weighted by atomic mass is 9.95. The predicted molar refractivity (Wildman–Crippen MR) is 78.1 cm³/mol. The van der Waals surface area contributed by atoms with E-state index in [4.69, 9.17) is 4.74 Å². The van der Waals surface area contributed by atoms with Gasteiger partial charge in [-0.1, -0.05) is 60.7 Å². The zero-order valence-electron chi connectivity index (χ0n) is 11.7. The highest BCUT2D eigenvalue weighted by molar-refractivity contribution is 6.21. The molecule has 4 heteroatoms. The van der Waals surface area contributed by atoms with Gasteiger partial charge >= 0.3 is 0 Å². The first kappa shape index (κ1) is 15.1. The lowest BCUT2D eigenvalue weighted by Gasteiger charge is -2.24. The van der Waals surface area contributed by atoms with E-state index in [1.807, 2.05) is 0 Å². The first-order valence-corrected chi connectivity index (χ1v) is 6.65. The maximum absolute atomic E-state index is 12.5. The Hall–Kier alpha value is -2.30. The first-order chi connectivity index (χ1) is 10.1. The standard InChI is InChI=1S/C17H16O4/c1-2-21-17(20,15(18)13-9-5-3-6-10-13)16(19)14-11-7-4-8-12-14/h3-12,20H,2H2,1H3. The van der Waals surface area contributed by atoms with Crippen LogP contribution >= 0.6 is 0 Å². The summed E-state index contributed by atoms with van der Waals surface area (Å²) in [6.07, 6.45) is 0. The smallest absolute Gasteiger partial charge is 0.297 e. The summed E-state index contributed by atoms with van der Waals surface area (Å²) in [6.45, 7) is 1.65. The Bertz CT molecular complexity index is 568. The molecule has 0 amide bonds. The summed E-state index contributed by atoms with van der Waals surface area (Å²) in [4.78, 5) is 25.0. The second-order valence-corrected chi connectivity index (χ2v) is 4.47. The van der Waals surface area contributed by atoms with Gasteiger partial charge < -0.3 is 9.84 Å². The molecule has 0 radical (unpaired) electrons. The molecule has 0 unspecified atom stereocenters. The molecule has 0 aliphatic rings. The second kappa shape index (κ2) is 6.43. The van der Waals surface area contributed by atoms with Crippen molar-refractivity contribution >= 4 is 11.6 Å². The summed E-state index contributed by atoms with van der Waals surface area (Å²) in [5, 5.41) is 10.5. The minimum Gasteiger partial charge on any atom is -0.353 e. The molecule has 0 saturated heterocycles. The maximum Gasteiger partial charge on any atom is 0.297 e. The number of aliphatic hydroxyl groups is 1. The van der Waals surface area contributed by atoms with Crippen molar-refractivity contribution in [3.8, 4) is 0 Å². The van der Waals surface area contributed by atoms with E-state index < -0.39 is 17.4 Å². The Labute approximate surface area is 123 Å². The van der Waals surface area contributed by atoms with E-state index in [1.165, 1.54) is 24.3 Å². The van der Waals surface area contributed by atoms with Gasteiger partial charge in [0.05, 0.1) is 0 Å². The lowest BCUT2D eigenvalue weighted by Crippen LogP contribution is -2.49. The van der Waals surface area contributed by atoms with Crippen molar-refractivity contribution in [3.05, 3.63) is 71.8 Å². The van der Waals surface area contributed by atoms with E-state index >= 15 is 0 Å². The molecule has 4 nitrogen and oxygen atoms in total. The van der Waals surface area contributed by atoms with Crippen molar-refractivity contribution in [2.45, 2.75) is 12.7 Å². The summed E-state index contributed by atoms with van der Waals surface area (Å²) < 4.78 is 5.12. The molecule has 108 valence electrons. The molecular formula is C17H16O4. The molecule has 0 bridgehead atoms. The van der Waals surface area contributed by atoms with Gasteiger partial charge in [0.15, 0.2) is 0 Å². The topological polar surface area (TPSA) is 63.6 Å². The number of Topliss-reactive ketones (excluding diaryl/α,β-unsaturated/α-hetero) is 2. The molecule has 0 spiro atoms. The molecule has 2 aromatic carbocycles. The van der Waals surface area contributed by atoms with E-state index in [2.05, 4.69) is 0 Å². The number of hydrogen-bond acceptors (Lipinski definition) is 4. The number of ketones is 2. The average Bonchev–Trinajstić information content (AvgIpc) is 2.55. The fourth-order valence-corrected chi connectivity index (χ4v) is 2.01.